The monoisotopic (exact) mass is 319 g/mol. The molecule has 2 aromatic carbocycles. The smallest absolute Gasteiger partial charge is 0.178 e. The predicted octanol–water partition coefficient (Wildman–Crippen LogP) is 2.88. The van der Waals surface area contributed by atoms with Crippen LogP contribution >= 0.6 is 0 Å². The summed E-state index contributed by atoms with van der Waals surface area (Å²) in [7, 11) is 0.605. The zero-order valence-electron chi connectivity index (χ0n) is 12.6. The Morgan fingerprint density at radius 2 is 1.77 bits per heavy atom. The maximum absolute atomic E-state index is 14.2. The van der Waals surface area contributed by atoms with Crippen molar-refractivity contribution in [1.82, 2.24) is 4.90 Å². The van der Waals surface area contributed by atoms with Gasteiger partial charge < -0.3 is 4.90 Å². The van der Waals surface area contributed by atoms with E-state index in [0.29, 0.717) is 29.0 Å². The molecule has 0 bridgehead atoms. The first kappa shape index (κ1) is 15.2. The van der Waals surface area contributed by atoms with Gasteiger partial charge in [0.1, 0.15) is 5.82 Å². The number of aryl methyl sites for hydroxylation is 1. The molecule has 0 spiro atoms. The van der Waals surface area contributed by atoms with Gasteiger partial charge in [-0.1, -0.05) is 24.3 Å². The number of benzene rings is 2. The molecule has 2 aromatic rings. The third-order valence-corrected chi connectivity index (χ3v) is 5.71. The van der Waals surface area contributed by atoms with Crippen LogP contribution in [-0.4, -0.2) is 33.2 Å². The fourth-order valence-corrected chi connectivity index (χ4v) is 4.36. The van der Waals surface area contributed by atoms with Crippen molar-refractivity contribution in [1.29, 1.82) is 0 Å². The summed E-state index contributed by atoms with van der Waals surface area (Å²) >= 11 is 0. The van der Waals surface area contributed by atoms with Crippen LogP contribution < -0.4 is 0 Å². The summed E-state index contributed by atoms with van der Waals surface area (Å²) in [6.07, 6.45) is 0.564. The Kier molecular flexibility index (Phi) is 3.78. The van der Waals surface area contributed by atoms with E-state index < -0.39 is 9.84 Å². The van der Waals surface area contributed by atoms with Crippen molar-refractivity contribution in [3.63, 3.8) is 0 Å². The van der Waals surface area contributed by atoms with Gasteiger partial charge in [-0.2, -0.15) is 0 Å². The van der Waals surface area contributed by atoms with Crippen LogP contribution in [0.3, 0.4) is 0 Å². The normalized spacial score (nSPS) is 16.0. The molecule has 3 rings (SSSR count). The van der Waals surface area contributed by atoms with E-state index in [9.17, 15) is 12.8 Å². The van der Waals surface area contributed by atoms with Crippen LogP contribution in [0.1, 0.15) is 11.1 Å². The lowest BCUT2D eigenvalue weighted by Gasteiger charge is -2.12. The number of halogens is 1. The third kappa shape index (κ3) is 2.78. The van der Waals surface area contributed by atoms with Gasteiger partial charge in [0.15, 0.2) is 9.84 Å². The average molecular weight is 319 g/mol. The van der Waals surface area contributed by atoms with E-state index in [0.717, 1.165) is 11.1 Å². The van der Waals surface area contributed by atoms with Crippen LogP contribution in [0.2, 0.25) is 0 Å². The van der Waals surface area contributed by atoms with E-state index in [-0.39, 0.29) is 11.6 Å². The van der Waals surface area contributed by atoms with Crippen molar-refractivity contribution in [3.05, 3.63) is 53.3 Å². The highest BCUT2D eigenvalue weighted by Gasteiger charge is 2.26. The zero-order chi connectivity index (χ0) is 15.9. The standard InChI is InChI=1S/C17H18FNO2S/c1-19(2)11-15-6-5-13(9-16(15)18)14-4-3-12-7-8-22(20,21)17(12)10-14/h3-6,9-10H,7-8,11H2,1-2H3. The number of nitrogens with zero attached hydrogens (tertiary/aromatic N) is 1. The van der Waals surface area contributed by atoms with Crippen molar-refractivity contribution >= 4 is 9.84 Å². The summed E-state index contributed by atoms with van der Waals surface area (Å²) < 4.78 is 38.2. The van der Waals surface area contributed by atoms with Crippen LogP contribution in [-0.2, 0) is 22.8 Å². The second-order valence-electron chi connectivity index (χ2n) is 5.94. The van der Waals surface area contributed by atoms with Gasteiger partial charge >= 0.3 is 0 Å². The Morgan fingerprint density at radius 3 is 2.45 bits per heavy atom. The van der Waals surface area contributed by atoms with Gasteiger partial charge in [-0.15, -0.1) is 0 Å². The molecular weight excluding hydrogens is 301 g/mol. The largest absolute Gasteiger partial charge is 0.305 e. The molecule has 0 radical (unpaired) electrons. The van der Waals surface area contributed by atoms with Crippen molar-refractivity contribution in [2.24, 2.45) is 0 Å². The van der Waals surface area contributed by atoms with Gasteiger partial charge in [0, 0.05) is 12.1 Å². The van der Waals surface area contributed by atoms with E-state index in [1.807, 2.05) is 37.2 Å². The average Bonchev–Trinajstić information content (AvgIpc) is 2.76. The molecule has 0 aliphatic carbocycles. The molecule has 3 nitrogen and oxygen atoms in total. The van der Waals surface area contributed by atoms with Crippen LogP contribution in [0.25, 0.3) is 11.1 Å². The second-order valence-corrected chi connectivity index (χ2v) is 8.01. The lowest BCUT2D eigenvalue weighted by atomic mass is 10.0. The number of sulfone groups is 1. The number of rotatable bonds is 3. The van der Waals surface area contributed by atoms with Crippen molar-refractivity contribution < 1.29 is 12.8 Å². The van der Waals surface area contributed by atoms with Crippen LogP contribution in [0, 0.1) is 5.82 Å². The lowest BCUT2D eigenvalue weighted by molar-refractivity contribution is 0.392. The molecule has 22 heavy (non-hydrogen) atoms. The molecule has 1 aliphatic rings. The first-order chi connectivity index (χ1) is 10.4. The molecule has 0 saturated heterocycles. The minimum absolute atomic E-state index is 0.169. The minimum Gasteiger partial charge on any atom is -0.305 e. The van der Waals surface area contributed by atoms with E-state index in [1.165, 1.54) is 6.07 Å². The predicted molar refractivity (Wildman–Crippen MR) is 85.0 cm³/mol. The highest BCUT2D eigenvalue weighted by Crippen LogP contribution is 2.31. The fourth-order valence-electron chi connectivity index (χ4n) is 2.78. The third-order valence-electron chi connectivity index (χ3n) is 3.92. The number of hydrogen-bond donors (Lipinski definition) is 0. The maximum Gasteiger partial charge on any atom is 0.178 e. The van der Waals surface area contributed by atoms with Gasteiger partial charge in [0.2, 0.25) is 0 Å². The molecule has 1 heterocycles. The molecule has 0 atom stereocenters. The summed E-state index contributed by atoms with van der Waals surface area (Å²) in [6, 6.07) is 10.4. The number of fused-ring (bicyclic) bond motifs is 1. The van der Waals surface area contributed by atoms with E-state index in [2.05, 4.69) is 0 Å². The summed E-state index contributed by atoms with van der Waals surface area (Å²) in [6.45, 7) is 0.532. The van der Waals surface area contributed by atoms with Gasteiger partial charge in [0.05, 0.1) is 10.6 Å². The molecule has 0 saturated carbocycles. The first-order valence-electron chi connectivity index (χ1n) is 7.16. The Labute approximate surface area is 130 Å². The molecule has 0 N–H and O–H groups in total. The maximum atomic E-state index is 14.2. The van der Waals surface area contributed by atoms with Crippen LogP contribution in [0.5, 0.6) is 0 Å². The first-order valence-corrected chi connectivity index (χ1v) is 8.81. The summed E-state index contributed by atoms with van der Waals surface area (Å²) in [5, 5.41) is 0. The zero-order valence-corrected chi connectivity index (χ0v) is 13.5. The number of hydrogen-bond acceptors (Lipinski definition) is 3. The quantitative estimate of drug-likeness (QED) is 0.873. The highest BCUT2D eigenvalue weighted by atomic mass is 32.2. The molecule has 1 aliphatic heterocycles. The van der Waals surface area contributed by atoms with Crippen molar-refractivity contribution in [3.8, 4) is 11.1 Å². The molecule has 0 amide bonds. The lowest BCUT2D eigenvalue weighted by Crippen LogP contribution is -2.11. The highest BCUT2D eigenvalue weighted by molar-refractivity contribution is 7.91. The van der Waals surface area contributed by atoms with Crippen LogP contribution in [0.15, 0.2) is 41.3 Å². The molecule has 5 heteroatoms. The Bertz CT molecular complexity index is 829. The van der Waals surface area contributed by atoms with Gasteiger partial charge in [0.25, 0.3) is 0 Å². The summed E-state index contributed by atoms with van der Waals surface area (Å²) in [4.78, 5) is 2.29. The molecule has 0 unspecified atom stereocenters. The van der Waals surface area contributed by atoms with Crippen molar-refractivity contribution in [2.45, 2.75) is 17.9 Å². The molecular formula is C17H18FNO2S. The minimum atomic E-state index is -3.17. The summed E-state index contributed by atoms with van der Waals surface area (Å²) in [5.41, 5.74) is 2.92. The van der Waals surface area contributed by atoms with Crippen molar-refractivity contribution in [2.75, 3.05) is 19.8 Å². The second kappa shape index (κ2) is 5.48. The van der Waals surface area contributed by atoms with Gasteiger partial charge in [-0.3, -0.25) is 0 Å². The van der Waals surface area contributed by atoms with Crippen LogP contribution in [0.4, 0.5) is 4.39 Å². The molecule has 0 fully saturated rings. The van der Waals surface area contributed by atoms with Gasteiger partial charge in [-0.05, 0) is 49.3 Å². The van der Waals surface area contributed by atoms with E-state index in [4.69, 9.17) is 0 Å². The topological polar surface area (TPSA) is 37.4 Å². The molecule has 0 aromatic heterocycles. The fraction of sp³-hybridized carbons (Fsp3) is 0.294. The SMILES string of the molecule is CN(C)Cc1ccc(-c2ccc3c(c2)S(=O)(=O)CC3)cc1F. The van der Waals surface area contributed by atoms with E-state index >= 15 is 0 Å². The van der Waals surface area contributed by atoms with E-state index in [1.54, 1.807) is 12.1 Å². The Balaban J connectivity index is 2.01. The summed E-state index contributed by atoms with van der Waals surface area (Å²) in [5.74, 6) is -0.100. The Morgan fingerprint density at radius 1 is 1.09 bits per heavy atom. The van der Waals surface area contributed by atoms with Gasteiger partial charge in [-0.25, -0.2) is 12.8 Å². The molecule has 116 valence electrons. The Hall–Kier alpha value is -1.72.